The van der Waals surface area contributed by atoms with Crippen molar-refractivity contribution in [2.45, 2.75) is 26.4 Å². The Morgan fingerprint density at radius 3 is 2.84 bits per heavy atom. The van der Waals surface area contributed by atoms with Gasteiger partial charge in [-0.05, 0) is 12.3 Å². The van der Waals surface area contributed by atoms with Gasteiger partial charge >= 0.3 is 0 Å². The number of halogens is 1. The highest BCUT2D eigenvalue weighted by molar-refractivity contribution is 5.85. The number of rotatable bonds is 8. The van der Waals surface area contributed by atoms with Crippen molar-refractivity contribution in [3.05, 3.63) is 0 Å². The molecular weight excluding hydrogens is 268 g/mol. The Morgan fingerprint density at radius 1 is 1.47 bits per heavy atom. The maximum Gasteiger partial charge on any atom is 0.233 e. The Hall–Kier alpha value is -0.360. The molecule has 1 rings (SSSR count). The minimum absolute atomic E-state index is 0. The van der Waals surface area contributed by atoms with Crippen LogP contribution in [0, 0.1) is 11.8 Å². The summed E-state index contributed by atoms with van der Waals surface area (Å²) < 4.78 is 10.6. The molecule has 0 aromatic heterocycles. The lowest BCUT2D eigenvalue weighted by Gasteiger charge is -2.22. The van der Waals surface area contributed by atoms with Crippen LogP contribution < -0.4 is 10.6 Å². The van der Waals surface area contributed by atoms with Crippen LogP contribution in [0.2, 0.25) is 0 Å². The van der Waals surface area contributed by atoms with Gasteiger partial charge in [0.2, 0.25) is 5.91 Å². The molecule has 0 aliphatic carbocycles. The molecule has 5 nitrogen and oxygen atoms in total. The fourth-order valence-corrected chi connectivity index (χ4v) is 2.29. The summed E-state index contributed by atoms with van der Waals surface area (Å²) in [5, 5.41) is 5.99. The Morgan fingerprint density at radius 2 is 2.21 bits per heavy atom. The highest BCUT2D eigenvalue weighted by atomic mass is 35.5. The second kappa shape index (κ2) is 10.4. The topological polar surface area (TPSA) is 59.6 Å². The van der Waals surface area contributed by atoms with Crippen LogP contribution in [0.1, 0.15) is 20.3 Å². The van der Waals surface area contributed by atoms with Crippen molar-refractivity contribution in [3.63, 3.8) is 0 Å². The van der Waals surface area contributed by atoms with Crippen LogP contribution in [-0.2, 0) is 14.3 Å². The number of carbonyl (C=O) groups is 1. The summed E-state index contributed by atoms with van der Waals surface area (Å²) in [6, 6.07) is 0. The largest absolute Gasteiger partial charge is 0.383 e. The summed E-state index contributed by atoms with van der Waals surface area (Å²) in [6.07, 6.45) is 1.33. The van der Waals surface area contributed by atoms with Gasteiger partial charge in [-0.15, -0.1) is 12.4 Å². The van der Waals surface area contributed by atoms with Crippen LogP contribution in [0.25, 0.3) is 0 Å². The van der Waals surface area contributed by atoms with E-state index in [1.807, 2.05) is 0 Å². The van der Waals surface area contributed by atoms with Gasteiger partial charge in [-0.2, -0.15) is 0 Å². The third-order valence-corrected chi connectivity index (χ3v) is 3.25. The van der Waals surface area contributed by atoms with Crippen LogP contribution in [0.3, 0.4) is 0 Å². The van der Waals surface area contributed by atoms with Crippen LogP contribution in [0.5, 0.6) is 0 Å². The summed E-state index contributed by atoms with van der Waals surface area (Å²) >= 11 is 0. The minimum atomic E-state index is 0. The number of methoxy groups -OCH3 is 1. The standard InChI is InChI=1S/C13H26N2O3.ClH/c1-10(2)13-11(4-6-18-13)8-15-12(16)9-14-5-7-17-3;/h10-11,13-14H,4-9H2,1-3H3,(H,15,16);1H. The molecule has 0 aromatic rings. The molecule has 0 aromatic carbocycles. The van der Waals surface area contributed by atoms with Crippen molar-refractivity contribution in [3.8, 4) is 0 Å². The summed E-state index contributed by atoms with van der Waals surface area (Å²) in [5.74, 6) is 1.00. The van der Waals surface area contributed by atoms with Gasteiger partial charge in [0.1, 0.15) is 0 Å². The molecule has 1 aliphatic rings. The van der Waals surface area contributed by atoms with Crippen LogP contribution in [0.15, 0.2) is 0 Å². The zero-order valence-corrected chi connectivity index (χ0v) is 12.9. The summed E-state index contributed by atoms with van der Waals surface area (Å²) in [6.45, 7) is 7.53. The van der Waals surface area contributed by atoms with Crippen molar-refractivity contribution in [1.29, 1.82) is 0 Å². The zero-order valence-electron chi connectivity index (χ0n) is 12.1. The molecule has 19 heavy (non-hydrogen) atoms. The second-order valence-electron chi connectivity index (χ2n) is 5.10. The van der Waals surface area contributed by atoms with E-state index in [0.717, 1.165) is 13.0 Å². The van der Waals surface area contributed by atoms with Gasteiger partial charge < -0.3 is 20.1 Å². The number of hydrogen-bond donors (Lipinski definition) is 2. The number of hydrogen-bond acceptors (Lipinski definition) is 4. The van der Waals surface area contributed by atoms with E-state index in [9.17, 15) is 4.79 Å². The second-order valence-corrected chi connectivity index (χ2v) is 5.10. The number of carbonyl (C=O) groups excluding carboxylic acids is 1. The average molecular weight is 295 g/mol. The molecule has 1 amide bonds. The summed E-state index contributed by atoms with van der Waals surface area (Å²) in [4.78, 5) is 11.6. The molecule has 2 atom stereocenters. The number of nitrogens with one attached hydrogen (secondary N) is 2. The van der Waals surface area contributed by atoms with Crippen molar-refractivity contribution in [2.24, 2.45) is 11.8 Å². The van der Waals surface area contributed by atoms with E-state index in [4.69, 9.17) is 9.47 Å². The molecule has 114 valence electrons. The smallest absolute Gasteiger partial charge is 0.233 e. The molecule has 1 fully saturated rings. The molecule has 0 saturated carbocycles. The van der Waals surface area contributed by atoms with Gasteiger partial charge in [-0.3, -0.25) is 4.79 Å². The Labute approximate surface area is 122 Å². The SMILES string of the molecule is COCCNCC(=O)NCC1CCOC1C(C)C.Cl. The summed E-state index contributed by atoms with van der Waals surface area (Å²) in [7, 11) is 1.65. The number of ether oxygens (including phenoxy) is 2. The van der Waals surface area contributed by atoms with Gasteiger partial charge in [0.25, 0.3) is 0 Å². The monoisotopic (exact) mass is 294 g/mol. The lowest BCUT2D eigenvalue weighted by Crippen LogP contribution is -2.39. The van der Waals surface area contributed by atoms with Crippen LogP contribution >= 0.6 is 12.4 Å². The van der Waals surface area contributed by atoms with Crippen molar-refractivity contribution in [1.82, 2.24) is 10.6 Å². The molecule has 2 N–H and O–H groups in total. The first-order chi connectivity index (χ1) is 8.65. The van der Waals surface area contributed by atoms with Gasteiger partial charge in [0.15, 0.2) is 0 Å². The van der Waals surface area contributed by atoms with Crippen molar-refractivity contribution >= 4 is 18.3 Å². The number of amides is 1. The molecule has 1 heterocycles. The Bertz CT molecular complexity index is 252. The van der Waals surface area contributed by atoms with E-state index in [1.54, 1.807) is 7.11 Å². The van der Waals surface area contributed by atoms with Crippen molar-refractivity contribution in [2.75, 3.05) is 40.0 Å². The molecule has 1 saturated heterocycles. The predicted octanol–water partition coefficient (Wildman–Crippen LogP) is 0.822. The predicted molar refractivity (Wildman–Crippen MR) is 77.7 cm³/mol. The van der Waals surface area contributed by atoms with E-state index in [2.05, 4.69) is 24.5 Å². The van der Waals surface area contributed by atoms with E-state index in [-0.39, 0.29) is 24.4 Å². The lowest BCUT2D eigenvalue weighted by atomic mass is 9.93. The van der Waals surface area contributed by atoms with Gasteiger partial charge in [-0.1, -0.05) is 13.8 Å². The minimum Gasteiger partial charge on any atom is -0.383 e. The third kappa shape index (κ3) is 7.11. The molecular formula is C13H27ClN2O3. The maximum absolute atomic E-state index is 11.6. The maximum atomic E-state index is 11.6. The quantitative estimate of drug-likeness (QED) is 0.651. The highest BCUT2D eigenvalue weighted by Crippen LogP contribution is 2.25. The van der Waals surface area contributed by atoms with Crippen molar-refractivity contribution < 1.29 is 14.3 Å². The highest BCUT2D eigenvalue weighted by Gasteiger charge is 2.30. The molecule has 0 spiro atoms. The first-order valence-corrected chi connectivity index (χ1v) is 6.73. The van der Waals surface area contributed by atoms with E-state index in [0.29, 0.717) is 38.1 Å². The first-order valence-electron chi connectivity index (χ1n) is 6.73. The zero-order chi connectivity index (χ0) is 13.4. The third-order valence-electron chi connectivity index (χ3n) is 3.25. The molecule has 1 aliphatic heterocycles. The first kappa shape index (κ1) is 18.6. The van der Waals surface area contributed by atoms with Gasteiger partial charge in [0, 0.05) is 32.7 Å². The van der Waals surface area contributed by atoms with E-state index < -0.39 is 0 Å². The lowest BCUT2D eigenvalue weighted by molar-refractivity contribution is -0.120. The Balaban J connectivity index is 0.00000324. The molecule has 2 unspecified atom stereocenters. The van der Waals surface area contributed by atoms with Gasteiger partial charge in [-0.25, -0.2) is 0 Å². The fraction of sp³-hybridized carbons (Fsp3) is 0.923. The van der Waals surface area contributed by atoms with Crippen LogP contribution in [-0.4, -0.2) is 52.0 Å². The van der Waals surface area contributed by atoms with E-state index in [1.165, 1.54) is 0 Å². The normalized spacial score (nSPS) is 22.3. The fourth-order valence-electron chi connectivity index (χ4n) is 2.29. The van der Waals surface area contributed by atoms with Gasteiger partial charge in [0.05, 0.1) is 19.3 Å². The van der Waals surface area contributed by atoms with Crippen LogP contribution in [0.4, 0.5) is 0 Å². The molecule has 0 radical (unpaired) electrons. The average Bonchev–Trinajstić information content (AvgIpc) is 2.80. The van der Waals surface area contributed by atoms with E-state index >= 15 is 0 Å². The molecule has 6 heteroatoms. The Kier molecular flexibility index (Phi) is 10.2. The molecule has 0 bridgehead atoms. The summed E-state index contributed by atoms with van der Waals surface area (Å²) in [5.41, 5.74) is 0.